The van der Waals surface area contributed by atoms with E-state index in [0.29, 0.717) is 6.54 Å². The summed E-state index contributed by atoms with van der Waals surface area (Å²) >= 11 is 0. The number of hydrogen-bond donors (Lipinski definition) is 1. The molecule has 0 unspecified atom stereocenters. The average Bonchev–Trinajstić information content (AvgIpc) is 2.70. The molecule has 5 heteroatoms. The van der Waals surface area contributed by atoms with E-state index in [1.807, 2.05) is 17.8 Å². The van der Waals surface area contributed by atoms with Gasteiger partial charge < -0.3 is 5.32 Å². The van der Waals surface area contributed by atoms with Crippen molar-refractivity contribution in [3.8, 4) is 0 Å². The Balaban J connectivity index is 0.00000180. The summed E-state index contributed by atoms with van der Waals surface area (Å²) < 4.78 is 14.7. The Morgan fingerprint density at radius 3 is 2.58 bits per heavy atom. The van der Waals surface area contributed by atoms with Crippen LogP contribution in [0.2, 0.25) is 0 Å². The molecule has 0 radical (unpaired) electrons. The van der Waals surface area contributed by atoms with Crippen molar-refractivity contribution < 1.29 is 4.39 Å². The van der Waals surface area contributed by atoms with Crippen LogP contribution in [0.5, 0.6) is 0 Å². The highest BCUT2D eigenvalue weighted by Crippen LogP contribution is 2.14. The fourth-order valence-corrected chi connectivity index (χ4v) is 1.83. The first-order chi connectivity index (χ1) is 8.69. The zero-order chi connectivity index (χ0) is 13.0. The SMILES string of the molecule is CCCn1cc(NCc2ccc(F)cc2)c(C)n1.Cl. The molecular formula is C14H19ClFN3. The monoisotopic (exact) mass is 283 g/mol. The normalized spacial score (nSPS) is 10.1. The van der Waals surface area contributed by atoms with Gasteiger partial charge in [0.1, 0.15) is 5.82 Å². The van der Waals surface area contributed by atoms with Gasteiger partial charge in [0.05, 0.1) is 11.4 Å². The van der Waals surface area contributed by atoms with Crippen LogP contribution in [0.15, 0.2) is 30.5 Å². The Morgan fingerprint density at radius 1 is 1.26 bits per heavy atom. The molecule has 0 amide bonds. The highest BCUT2D eigenvalue weighted by Gasteiger charge is 2.03. The second-order valence-corrected chi connectivity index (χ2v) is 4.37. The van der Waals surface area contributed by atoms with Crippen LogP contribution in [0.25, 0.3) is 0 Å². The van der Waals surface area contributed by atoms with Crippen molar-refractivity contribution in [1.29, 1.82) is 0 Å². The van der Waals surface area contributed by atoms with Gasteiger partial charge in [0.25, 0.3) is 0 Å². The molecule has 0 saturated carbocycles. The van der Waals surface area contributed by atoms with Gasteiger partial charge >= 0.3 is 0 Å². The van der Waals surface area contributed by atoms with E-state index in [9.17, 15) is 4.39 Å². The zero-order valence-electron chi connectivity index (χ0n) is 11.2. The Labute approximate surface area is 119 Å². The number of aromatic nitrogens is 2. The summed E-state index contributed by atoms with van der Waals surface area (Å²) in [7, 11) is 0. The standard InChI is InChI=1S/C14H18FN3.ClH/c1-3-8-18-10-14(11(2)17-18)16-9-12-4-6-13(15)7-5-12;/h4-7,10,16H,3,8-9H2,1-2H3;1H. The van der Waals surface area contributed by atoms with Crippen LogP contribution in [0.1, 0.15) is 24.6 Å². The molecule has 1 N–H and O–H groups in total. The van der Waals surface area contributed by atoms with Gasteiger partial charge in [0.15, 0.2) is 0 Å². The predicted octanol–water partition coefficient (Wildman–Crippen LogP) is 3.77. The maximum atomic E-state index is 12.8. The van der Waals surface area contributed by atoms with Crippen LogP contribution in [-0.4, -0.2) is 9.78 Å². The summed E-state index contributed by atoms with van der Waals surface area (Å²) in [5, 5.41) is 7.74. The molecule has 1 heterocycles. The molecule has 0 bridgehead atoms. The van der Waals surface area contributed by atoms with Crippen molar-refractivity contribution in [3.05, 3.63) is 47.5 Å². The Morgan fingerprint density at radius 2 is 1.95 bits per heavy atom. The zero-order valence-corrected chi connectivity index (χ0v) is 12.0. The Hall–Kier alpha value is -1.55. The van der Waals surface area contributed by atoms with E-state index in [-0.39, 0.29) is 18.2 Å². The van der Waals surface area contributed by atoms with Crippen molar-refractivity contribution in [2.24, 2.45) is 0 Å². The lowest BCUT2D eigenvalue weighted by atomic mass is 10.2. The first-order valence-corrected chi connectivity index (χ1v) is 6.21. The van der Waals surface area contributed by atoms with Crippen LogP contribution in [0.4, 0.5) is 10.1 Å². The van der Waals surface area contributed by atoms with Crippen molar-refractivity contribution in [2.75, 3.05) is 5.32 Å². The summed E-state index contributed by atoms with van der Waals surface area (Å²) in [4.78, 5) is 0. The molecule has 0 saturated heterocycles. The van der Waals surface area contributed by atoms with E-state index in [1.54, 1.807) is 12.1 Å². The van der Waals surface area contributed by atoms with Crippen LogP contribution < -0.4 is 5.32 Å². The minimum absolute atomic E-state index is 0. The van der Waals surface area contributed by atoms with Gasteiger partial charge in [-0.3, -0.25) is 4.68 Å². The highest BCUT2D eigenvalue weighted by atomic mass is 35.5. The molecule has 1 aromatic heterocycles. The minimum Gasteiger partial charge on any atom is -0.378 e. The Bertz CT molecular complexity index is 508. The third-order valence-corrected chi connectivity index (χ3v) is 2.80. The smallest absolute Gasteiger partial charge is 0.123 e. The van der Waals surface area contributed by atoms with Gasteiger partial charge in [-0.05, 0) is 31.0 Å². The molecule has 0 aliphatic heterocycles. The van der Waals surface area contributed by atoms with Crippen LogP contribution in [-0.2, 0) is 13.1 Å². The van der Waals surface area contributed by atoms with Gasteiger partial charge in [-0.2, -0.15) is 5.10 Å². The molecule has 104 valence electrons. The van der Waals surface area contributed by atoms with Crippen molar-refractivity contribution in [3.63, 3.8) is 0 Å². The first-order valence-electron chi connectivity index (χ1n) is 6.21. The van der Waals surface area contributed by atoms with Gasteiger partial charge in [-0.25, -0.2) is 4.39 Å². The molecule has 3 nitrogen and oxygen atoms in total. The Kier molecular flexibility index (Phi) is 5.83. The molecule has 2 rings (SSSR count). The predicted molar refractivity (Wildman–Crippen MR) is 78.2 cm³/mol. The fraction of sp³-hybridized carbons (Fsp3) is 0.357. The lowest BCUT2D eigenvalue weighted by Crippen LogP contribution is -1.99. The number of nitrogens with one attached hydrogen (secondary N) is 1. The number of benzene rings is 1. The van der Waals surface area contributed by atoms with E-state index in [2.05, 4.69) is 17.3 Å². The highest BCUT2D eigenvalue weighted by molar-refractivity contribution is 5.85. The molecule has 0 aliphatic rings. The minimum atomic E-state index is -0.203. The first kappa shape index (κ1) is 15.5. The number of nitrogens with zero attached hydrogens (tertiary/aromatic N) is 2. The van der Waals surface area contributed by atoms with E-state index < -0.39 is 0 Å². The number of halogens is 2. The summed E-state index contributed by atoms with van der Waals surface area (Å²) in [5.74, 6) is -0.203. The molecule has 0 fully saturated rings. The lowest BCUT2D eigenvalue weighted by Gasteiger charge is -2.04. The van der Waals surface area contributed by atoms with E-state index in [0.717, 1.165) is 29.9 Å². The molecule has 0 atom stereocenters. The van der Waals surface area contributed by atoms with Gasteiger partial charge in [0, 0.05) is 19.3 Å². The summed E-state index contributed by atoms with van der Waals surface area (Å²) in [6, 6.07) is 6.52. The van der Waals surface area contributed by atoms with Gasteiger partial charge in [0.2, 0.25) is 0 Å². The molecular weight excluding hydrogens is 265 g/mol. The third kappa shape index (κ3) is 4.24. The largest absolute Gasteiger partial charge is 0.378 e. The molecule has 19 heavy (non-hydrogen) atoms. The molecule has 0 aliphatic carbocycles. The summed E-state index contributed by atoms with van der Waals surface area (Å²) in [6.07, 6.45) is 3.08. The van der Waals surface area contributed by atoms with Gasteiger partial charge in [-0.15, -0.1) is 12.4 Å². The quantitative estimate of drug-likeness (QED) is 0.905. The number of rotatable bonds is 5. The van der Waals surface area contributed by atoms with Crippen LogP contribution >= 0.6 is 12.4 Å². The van der Waals surface area contributed by atoms with Gasteiger partial charge in [-0.1, -0.05) is 19.1 Å². The third-order valence-electron chi connectivity index (χ3n) is 2.80. The second-order valence-electron chi connectivity index (χ2n) is 4.37. The van der Waals surface area contributed by atoms with Crippen molar-refractivity contribution >= 4 is 18.1 Å². The van der Waals surface area contributed by atoms with Crippen LogP contribution in [0.3, 0.4) is 0 Å². The fourth-order valence-electron chi connectivity index (χ4n) is 1.83. The number of hydrogen-bond acceptors (Lipinski definition) is 2. The van der Waals surface area contributed by atoms with Crippen molar-refractivity contribution in [1.82, 2.24) is 9.78 Å². The average molecular weight is 284 g/mol. The van der Waals surface area contributed by atoms with E-state index in [4.69, 9.17) is 0 Å². The maximum absolute atomic E-state index is 12.8. The lowest BCUT2D eigenvalue weighted by molar-refractivity contribution is 0.598. The maximum Gasteiger partial charge on any atom is 0.123 e. The van der Waals surface area contributed by atoms with Crippen molar-refractivity contribution in [2.45, 2.75) is 33.4 Å². The van der Waals surface area contributed by atoms with Crippen LogP contribution in [0, 0.1) is 12.7 Å². The topological polar surface area (TPSA) is 29.9 Å². The number of anilines is 1. The molecule has 2 aromatic rings. The summed E-state index contributed by atoms with van der Waals surface area (Å²) in [5.41, 5.74) is 3.08. The molecule has 1 aromatic carbocycles. The summed E-state index contributed by atoms with van der Waals surface area (Å²) in [6.45, 7) is 5.72. The van der Waals surface area contributed by atoms with E-state index in [1.165, 1.54) is 12.1 Å². The number of aryl methyl sites for hydroxylation is 2. The second kappa shape index (κ2) is 7.14. The van der Waals surface area contributed by atoms with E-state index >= 15 is 0 Å². The molecule has 0 spiro atoms.